The normalized spacial score (nSPS) is 33.0. The van der Waals surface area contributed by atoms with Gasteiger partial charge in [-0.1, -0.05) is 12.2 Å². The van der Waals surface area contributed by atoms with E-state index in [1.807, 2.05) is 6.08 Å². The molecular formula is C6H9NO2. The van der Waals surface area contributed by atoms with Gasteiger partial charge < -0.3 is 5.11 Å². The number of hydrogen-bond donors (Lipinski definition) is 2. The van der Waals surface area contributed by atoms with E-state index in [4.69, 9.17) is 5.11 Å². The zero-order chi connectivity index (χ0) is 6.91. The first-order chi connectivity index (χ1) is 4.15. The second-order valence-corrected chi connectivity index (χ2v) is 2.29. The van der Waals surface area contributed by atoms with Crippen molar-refractivity contribution in [1.82, 2.24) is 5.32 Å². The SMILES string of the molecule is C[C@]1(C(=O)O)C=CCN1. The molecule has 0 amide bonds. The minimum Gasteiger partial charge on any atom is -0.480 e. The number of carboxylic acid groups (broad SMARTS) is 1. The van der Waals surface area contributed by atoms with Gasteiger partial charge in [0.1, 0.15) is 5.54 Å². The summed E-state index contributed by atoms with van der Waals surface area (Å²) >= 11 is 0. The highest BCUT2D eigenvalue weighted by Gasteiger charge is 2.31. The fourth-order valence-corrected chi connectivity index (χ4v) is 0.771. The van der Waals surface area contributed by atoms with Crippen LogP contribution in [-0.2, 0) is 4.79 Å². The van der Waals surface area contributed by atoms with Gasteiger partial charge in [0, 0.05) is 6.54 Å². The number of rotatable bonds is 1. The molecule has 3 nitrogen and oxygen atoms in total. The van der Waals surface area contributed by atoms with Crippen molar-refractivity contribution in [2.24, 2.45) is 0 Å². The number of carbonyl (C=O) groups is 1. The summed E-state index contributed by atoms with van der Waals surface area (Å²) in [7, 11) is 0. The van der Waals surface area contributed by atoms with Crippen molar-refractivity contribution in [2.75, 3.05) is 6.54 Å². The average molecular weight is 127 g/mol. The number of nitrogens with one attached hydrogen (secondary N) is 1. The second-order valence-electron chi connectivity index (χ2n) is 2.29. The van der Waals surface area contributed by atoms with Crippen molar-refractivity contribution in [3.63, 3.8) is 0 Å². The molecule has 0 saturated carbocycles. The molecule has 0 aromatic heterocycles. The lowest BCUT2D eigenvalue weighted by Crippen LogP contribution is -2.44. The second kappa shape index (κ2) is 1.84. The molecule has 1 aliphatic heterocycles. The topological polar surface area (TPSA) is 49.3 Å². The molecule has 0 aromatic carbocycles. The van der Waals surface area contributed by atoms with Crippen LogP contribution in [0, 0.1) is 0 Å². The summed E-state index contributed by atoms with van der Waals surface area (Å²) < 4.78 is 0. The molecule has 3 heteroatoms. The Bertz CT molecular complexity index is 164. The molecule has 1 atom stereocenters. The third-order valence-electron chi connectivity index (χ3n) is 1.48. The molecule has 0 aliphatic carbocycles. The molecule has 1 rings (SSSR count). The number of carboxylic acids is 1. The maximum atomic E-state index is 10.4. The summed E-state index contributed by atoms with van der Waals surface area (Å²) in [5.74, 6) is -0.823. The maximum Gasteiger partial charge on any atom is 0.327 e. The Morgan fingerprint density at radius 2 is 2.56 bits per heavy atom. The molecule has 50 valence electrons. The van der Waals surface area contributed by atoms with Crippen LogP contribution in [0.25, 0.3) is 0 Å². The Labute approximate surface area is 53.4 Å². The quantitative estimate of drug-likeness (QED) is 0.487. The first-order valence-corrected chi connectivity index (χ1v) is 2.81. The van der Waals surface area contributed by atoms with Gasteiger partial charge in [-0.25, -0.2) is 4.79 Å². The molecule has 0 saturated heterocycles. The Balaban J connectivity index is 2.74. The summed E-state index contributed by atoms with van der Waals surface area (Å²) in [6.07, 6.45) is 3.48. The van der Waals surface area contributed by atoms with E-state index in [9.17, 15) is 4.79 Å². The standard InChI is InChI=1S/C6H9NO2/c1-6(5(8)9)3-2-4-7-6/h2-3,7H,4H2,1H3,(H,8,9)/t6-/m1/s1. The minimum atomic E-state index is -0.823. The fraction of sp³-hybridized carbons (Fsp3) is 0.500. The molecular weight excluding hydrogens is 118 g/mol. The van der Waals surface area contributed by atoms with Gasteiger partial charge in [0.05, 0.1) is 0 Å². The smallest absolute Gasteiger partial charge is 0.327 e. The van der Waals surface area contributed by atoms with Crippen molar-refractivity contribution in [3.05, 3.63) is 12.2 Å². The minimum absolute atomic E-state index is 0.656. The van der Waals surface area contributed by atoms with Crippen LogP contribution in [0.4, 0.5) is 0 Å². The third-order valence-corrected chi connectivity index (χ3v) is 1.48. The number of aliphatic carboxylic acids is 1. The van der Waals surface area contributed by atoms with Crippen molar-refractivity contribution in [1.29, 1.82) is 0 Å². The lowest BCUT2D eigenvalue weighted by Gasteiger charge is -2.15. The van der Waals surface area contributed by atoms with E-state index in [2.05, 4.69) is 5.32 Å². The number of hydrogen-bond acceptors (Lipinski definition) is 2. The fourth-order valence-electron chi connectivity index (χ4n) is 0.771. The zero-order valence-electron chi connectivity index (χ0n) is 5.22. The van der Waals surface area contributed by atoms with Gasteiger partial charge in [-0.2, -0.15) is 0 Å². The molecule has 9 heavy (non-hydrogen) atoms. The van der Waals surface area contributed by atoms with Gasteiger partial charge in [0.15, 0.2) is 0 Å². The average Bonchev–Trinajstić information content (AvgIpc) is 2.16. The molecule has 0 unspecified atom stereocenters. The molecule has 0 bridgehead atoms. The lowest BCUT2D eigenvalue weighted by atomic mass is 10.1. The summed E-state index contributed by atoms with van der Waals surface area (Å²) in [4.78, 5) is 10.4. The van der Waals surface area contributed by atoms with Crippen molar-refractivity contribution < 1.29 is 9.90 Å². The van der Waals surface area contributed by atoms with E-state index in [0.29, 0.717) is 6.54 Å². The van der Waals surface area contributed by atoms with E-state index in [0.717, 1.165) is 0 Å². The molecule has 1 heterocycles. The van der Waals surface area contributed by atoms with Gasteiger partial charge >= 0.3 is 5.97 Å². The van der Waals surface area contributed by atoms with Crippen molar-refractivity contribution >= 4 is 5.97 Å². The first kappa shape index (κ1) is 6.29. The van der Waals surface area contributed by atoms with Crippen LogP contribution in [0.3, 0.4) is 0 Å². The Morgan fingerprint density at radius 3 is 2.78 bits per heavy atom. The van der Waals surface area contributed by atoms with Crippen LogP contribution in [0.1, 0.15) is 6.92 Å². The molecule has 0 fully saturated rings. The van der Waals surface area contributed by atoms with E-state index in [1.165, 1.54) is 0 Å². The molecule has 0 radical (unpaired) electrons. The van der Waals surface area contributed by atoms with Gasteiger partial charge in [-0.05, 0) is 6.92 Å². The summed E-state index contributed by atoms with van der Waals surface area (Å²) in [5, 5.41) is 11.4. The van der Waals surface area contributed by atoms with Crippen molar-refractivity contribution in [3.8, 4) is 0 Å². The molecule has 2 N–H and O–H groups in total. The molecule has 0 aromatic rings. The van der Waals surface area contributed by atoms with E-state index < -0.39 is 11.5 Å². The van der Waals surface area contributed by atoms with Crippen LogP contribution in [-0.4, -0.2) is 23.2 Å². The van der Waals surface area contributed by atoms with Crippen LogP contribution >= 0.6 is 0 Å². The van der Waals surface area contributed by atoms with Crippen LogP contribution in [0.2, 0.25) is 0 Å². The first-order valence-electron chi connectivity index (χ1n) is 2.81. The molecule has 0 spiro atoms. The van der Waals surface area contributed by atoms with Gasteiger partial charge in [-0.15, -0.1) is 0 Å². The summed E-state index contributed by atoms with van der Waals surface area (Å²) in [6, 6.07) is 0. The zero-order valence-corrected chi connectivity index (χ0v) is 5.22. The van der Waals surface area contributed by atoms with Gasteiger partial charge in [-0.3, -0.25) is 5.32 Å². The van der Waals surface area contributed by atoms with Crippen LogP contribution < -0.4 is 5.32 Å². The summed E-state index contributed by atoms with van der Waals surface area (Å²) in [5.41, 5.74) is -0.819. The maximum absolute atomic E-state index is 10.4. The van der Waals surface area contributed by atoms with E-state index in [1.54, 1.807) is 13.0 Å². The highest BCUT2D eigenvalue weighted by molar-refractivity contribution is 5.81. The predicted molar refractivity (Wildman–Crippen MR) is 33.2 cm³/mol. The van der Waals surface area contributed by atoms with E-state index in [-0.39, 0.29) is 0 Å². The largest absolute Gasteiger partial charge is 0.480 e. The predicted octanol–water partition coefficient (Wildman–Crippen LogP) is -0.0109. The monoisotopic (exact) mass is 127 g/mol. The van der Waals surface area contributed by atoms with Crippen LogP contribution in [0.15, 0.2) is 12.2 Å². The Hall–Kier alpha value is -0.830. The Morgan fingerprint density at radius 1 is 1.89 bits per heavy atom. The van der Waals surface area contributed by atoms with Gasteiger partial charge in [0.2, 0.25) is 0 Å². The van der Waals surface area contributed by atoms with Gasteiger partial charge in [0.25, 0.3) is 0 Å². The summed E-state index contributed by atoms with van der Waals surface area (Å²) in [6.45, 7) is 2.29. The highest BCUT2D eigenvalue weighted by atomic mass is 16.4. The Kier molecular flexibility index (Phi) is 1.29. The van der Waals surface area contributed by atoms with Crippen LogP contribution in [0.5, 0.6) is 0 Å². The highest BCUT2D eigenvalue weighted by Crippen LogP contribution is 2.09. The van der Waals surface area contributed by atoms with E-state index >= 15 is 0 Å². The third kappa shape index (κ3) is 0.954. The van der Waals surface area contributed by atoms with Crippen molar-refractivity contribution in [2.45, 2.75) is 12.5 Å². The lowest BCUT2D eigenvalue weighted by molar-refractivity contribution is -0.141. The molecule has 1 aliphatic rings.